The van der Waals surface area contributed by atoms with E-state index >= 15 is 0 Å². The van der Waals surface area contributed by atoms with E-state index in [1.807, 2.05) is 30.3 Å². The van der Waals surface area contributed by atoms with E-state index in [2.05, 4.69) is 40.3 Å². The lowest BCUT2D eigenvalue weighted by Crippen LogP contribution is -2.36. The molecule has 0 radical (unpaired) electrons. The lowest BCUT2D eigenvalue weighted by molar-refractivity contribution is 0.122. The normalized spacial score (nSPS) is 15.4. The molecule has 1 fully saturated rings. The molecule has 0 spiro atoms. The Morgan fingerprint density at radius 2 is 1.83 bits per heavy atom. The number of nitrogens with two attached hydrogens (primary N) is 1. The lowest BCUT2D eigenvalue weighted by Gasteiger charge is -2.30. The van der Waals surface area contributed by atoms with Gasteiger partial charge in [0.15, 0.2) is 5.96 Å². The molecule has 126 valence electrons. The predicted molar refractivity (Wildman–Crippen MR) is 99.6 cm³/mol. The molecule has 5 heteroatoms. The molecule has 0 saturated carbocycles. The summed E-state index contributed by atoms with van der Waals surface area (Å²) in [4.78, 5) is 6.84. The Morgan fingerprint density at radius 1 is 1.12 bits per heavy atom. The Kier molecular flexibility index (Phi) is 5.33. The number of rotatable bonds is 4. The summed E-state index contributed by atoms with van der Waals surface area (Å²) in [6.07, 6.45) is 0. The first-order valence-corrected chi connectivity index (χ1v) is 8.26. The fraction of sp³-hybridized carbons (Fsp3) is 0.316. The van der Waals surface area contributed by atoms with E-state index in [4.69, 9.17) is 10.5 Å². The average molecular weight is 324 g/mol. The van der Waals surface area contributed by atoms with E-state index in [1.54, 1.807) is 0 Å². The molecule has 3 rings (SSSR count). The zero-order valence-corrected chi connectivity index (χ0v) is 14.0. The van der Waals surface area contributed by atoms with Gasteiger partial charge in [-0.2, -0.15) is 0 Å². The third kappa shape index (κ3) is 4.26. The topological polar surface area (TPSA) is 62.9 Å². The number of ether oxygens (including phenoxy) is 1. The van der Waals surface area contributed by atoms with Gasteiger partial charge in [-0.25, -0.2) is 4.99 Å². The molecule has 0 bridgehead atoms. The van der Waals surface area contributed by atoms with Crippen LogP contribution in [0.3, 0.4) is 0 Å². The van der Waals surface area contributed by atoms with Crippen molar-refractivity contribution in [2.45, 2.75) is 13.5 Å². The summed E-state index contributed by atoms with van der Waals surface area (Å²) < 4.78 is 5.43. The number of aliphatic imine (C=N–C) groups is 1. The number of para-hydroxylation sites is 1. The van der Waals surface area contributed by atoms with E-state index in [1.165, 1.54) is 16.8 Å². The second-order valence-electron chi connectivity index (χ2n) is 5.92. The summed E-state index contributed by atoms with van der Waals surface area (Å²) in [6, 6.07) is 16.4. The number of guanidine groups is 1. The van der Waals surface area contributed by atoms with Gasteiger partial charge in [0.25, 0.3) is 0 Å². The summed E-state index contributed by atoms with van der Waals surface area (Å²) >= 11 is 0. The van der Waals surface area contributed by atoms with Gasteiger partial charge in [0.1, 0.15) is 0 Å². The Hall–Kier alpha value is -2.53. The minimum Gasteiger partial charge on any atom is -0.378 e. The molecule has 1 aliphatic heterocycles. The van der Waals surface area contributed by atoms with E-state index in [9.17, 15) is 0 Å². The molecular formula is C19H24N4O. The van der Waals surface area contributed by atoms with Crippen molar-refractivity contribution < 1.29 is 4.74 Å². The van der Waals surface area contributed by atoms with Crippen LogP contribution in [-0.4, -0.2) is 32.3 Å². The van der Waals surface area contributed by atoms with Crippen LogP contribution in [0, 0.1) is 6.92 Å². The highest BCUT2D eigenvalue weighted by atomic mass is 16.5. The molecule has 1 saturated heterocycles. The standard InChI is InChI=1S/C19H24N4O/c1-15-6-8-17(9-7-15)22-19(20)21-14-16-4-2-3-5-18(16)23-10-12-24-13-11-23/h2-9H,10-14H2,1H3,(H3,20,21,22). The largest absolute Gasteiger partial charge is 0.378 e. The third-order valence-electron chi connectivity index (χ3n) is 4.09. The van der Waals surface area contributed by atoms with Crippen molar-refractivity contribution in [3.05, 3.63) is 59.7 Å². The highest BCUT2D eigenvalue weighted by molar-refractivity contribution is 5.92. The number of aryl methyl sites for hydroxylation is 1. The number of hydrogen-bond donors (Lipinski definition) is 2. The maximum Gasteiger partial charge on any atom is 0.193 e. The van der Waals surface area contributed by atoms with Crippen LogP contribution >= 0.6 is 0 Å². The lowest BCUT2D eigenvalue weighted by atomic mass is 10.1. The number of benzene rings is 2. The molecule has 24 heavy (non-hydrogen) atoms. The first-order valence-electron chi connectivity index (χ1n) is 8.26. The van der Waals surface area contributed by atoms with Crippen LogP contribution in [0.25, 0.3) is 0 Å². The second-order valence-corrected chi connectivity index (χ2v) is 5.92. The Bertz CT molecular complexity index is 691. The maximum atomic E-state index is 6.03. The van der Waals surface area contributed by atoms with Crippen molar-refractivity contribution in [1.82, 2.24) is 0 Å². The number of anilines is 2. The second kappa shape index (κ2) is 7.84. The number of morpholine rings is 1. The zero-order chi connectivity index (χ0) is 16.8. The van der Waals surface area contributed by atoms with Gasteiger partial charge in [0.05, 0.1) is 19.8 Å². The Balaban J connectivity index is 1.68. The zero-order valence-electron chi connectivity index (χ0n) is 14.0. The molecule has 0 unspecified atom stereocenters. The molecule has 0 amide bonds. The van der Waals surface area contributed by atoms with Crippen LogP contribution in [0.4, 0.5) is 11.4 Å². The van der Waals surface area contributed by atoms with E-state index < -0.39 is 0 Å². The molecule has 0 atom stereocenters. The fourth-order valence-electron chi connectivity index (χ4n) is 2.75. The van der Waals surface area contributed by atoms with Crippen LogP contribution in [0.5, 0.6) is 0 Å². The maximum absolute atomic E-state index is 6.03. The van der Waals surface area contributed by atoms with E-state index in [-0.39, 0.29) is 0 Å². The van der Waals surface area contributed by atoms with E-state index in [0.29, 0.717) is 12.5 Å². The van der Waals surface area contributed by atoms with Crippen molar-refractivity contribution in [3.63, 3.8) is 0 Å². The van der Waals surface area contributed by atoms with Gasteiger partial charge in [0, 0.05) is 24.5 Å². The van der Waals surface area contributed by atoms with E-state index in [0.717, 1.165) is 32.0 Å². The summed E-state index contributed by atoms with van der Waals surface area (Å²) in [5.41, 5.74) is 10.6. The monoisotopic (exact) mass is 324 g/mol. The molecule has 1 aliphatic rings. The van der Waals surface area contributed by atoms with Crippen LogP contribution in [0.1, 0.15) is 11.1 Å². The molecule has 0 aromatic heterocycles. The smallest absolute Gasteiger partial charge is 0.193 e. The minimum atomic E-state index is 0.427. The third-order valence-corrected chi connectivity index (χ3v) is 4.09. The average Bonchev–Trinajstić information content (AvgIpc) is 2.63. The van der Waals surface area contributed by atoms with Crippen LogP contribution in [0.2, 0.25) is 0 Å². The van der Waals surface area contributed by atoms with Gasteiger partial charge in [0.2, 0.25) is 0 Å². The van der Waals surface area contributed by atoms with Crippen molar-refractivity contribution in [1.29, 1.82) is 0 Å². The van der Waals surface area contributed by atoms with Crippen LogP contribution in [-0.2, 0) is 11.3 Å². The SMILES string of the molecule is Cc1ccc(NC(N)=NCc2ccccc2N2CCOCC2)cc1. The van der Waals surface area contributed by atoms with Gasteiger partial charge in [-0.1, -0.05) is 35.9 Å². The highest BCUT2D eigenvalue weighted by Crippen LogP contribution is 2.22. The fourth-order valence-corrected chi connectivity index (χ4v) is 2.75. The first-order chi connectivity index (χ1) is 11.7. The van der Waals surface area contributed by atoms with Gasteiger partial charge in [-0.15, -0.1) is 0 Å². The molecular weight excluding hydrogens is 300 g/mol. The van der Waals surface area contributed by atoms with Crippen molar-refractivity contribution >= 4 is 17.3 Å². The summed E-state index contributed by atoms with van der Waals surface area (Å²) in [5, 5.41) is 3.13. The molecule has 3 N–H and O–H groups in total. The van der Waals surface area contributed by atoms with Crippen molar-refractivity contribution in [2.24, 2.45) is 10.7 Å². The summed E-state index contributed by atoms with van der Waals surface area (Å²) in [5.74, 6) is 0.427. The first kappa shape index (κ1) is 16.3. The van der Waals surface area contributed by atoms with Gasteiger partial charge in [-0.05, 0) is 30.7 Å². The Morgan fingerprint density at radius 3 is 2.58 bits per heavy atom. The van der Waals surface area contributed by atoms with Crippen LogP contribution in [0.15, 0.2) is 53.5 Å². The van der Waals surface area contributed by atoms with Gasteiger partial charge < -0.3 is 20.7 Å². The highest BCUT2D eigenvalue weighted by Gasteiger charge is 2.14. The van der Waals surface area contributed by atoms with Crippen LogP contribution < -0.4 is 16.0 Å². The number of nitrogens with one attached hydrogen (secondary N) is 1. The predicted octanol–water partition coefficient (Wildman–Crippen LogP) is 2.76. The minimum absolute atomic E-state index is 0.427. The molecule has 0 aliphatic carbocycles. The molecule has 2 aromatic carbocycles. The number of nitrogens with zero attached hydrogens (tertiary/aromatic N) is 2. The summed E-state index contributed by atoms with van der Waals surface area (Å²) in [7, 11) is 0. The molecule has 5 nitrogen and oxygen atoms in total. The quantitative estimate of drug-likeness (QED) is 0.670. The van der Waals surface area contributed by atoms with Crippen molar-refractivity contribution in [3.8, 4) is 0 Å². The summed E-state index contributed by atoms with van der Waals surface area (Å²) in [6.45, 7) is 5.99. The van der Waals surface area contributed by atoms with Crippen molar-refractivity contribution in [2.75, 3.05) is 36.5 Å². The van der Waals surface area contributed by atoms with Gasteiger partial charge in [-0.3, -0.25) is 0 Å². The molecule has 2 aromatic rings. The molecule has 1 heterocycles. The van der Waals surface area contributed by atoms with Gasteiger partial charge >= 0.3 is 0 Å². The Labute approximate surface area is 143 Å². The number of hydrogen-bond acceptors (Lipinski definition) is 3.